The van der Waals surface area contributed by atoms with Gasteiger partial charge in [0.15, 0.2) is 11.6 Å². The quantitative estimate of drug-likeness (QED) is 0.640. The smallest absolute Gasteiger partial charge is 0.302 e. The molecule has 0 bridgehead atoms. The molecular weight excluding hydrogens is 356 g/mol. The van der Waals surface area contributed by atoms with Crippen LogP contribution in [0.4, 0.5) is 0 Å². The summed E-state index contributed by atoms with van der Waals surface area (Å²) in [6.07, 6.45) is 8.46. The monoisotopic (exact) mass is 388 g/mol. The van der Waals surface area contributed by atoms with Crippen LogP contribution in [0.2, 0.25) is 0 Å². The molecule has 5 heteroatoms. The number of allylic oxidation sites excluding steroid dienone is 1. The molecule has 5 aliphatic rings. The second-order valence-electron chi connectivity index (χ2n) is 10.1. The second-order valence-corrected chi connectivity index (χ2v) is 10.1. The Bertz CT molecular complexity index is 735. The minimum absolute atomic E-state index is 0.0453. The third-order valence-corrected chi connectivity index (χ3v) is 9.03. The van der Waals surface area contributed by atoms with Gasteiger partial charge in [0, 0.05) is 31.1 Å². The highest BCUT2D eigenvalue weighted by atomic mass is 16.7. The van der Waals surface area contributed by atoms with Crippen LogP contribution in [-0.2, 0) is 23.8 Å². The third kappa shape index (κ3) is 2.38. The highest BCUT2D eigenvalue weighted by Crippen LogP contribution is 2.68. The van der Waals surface area contributed by atoms with Gasteiger partial charge in [0.1, 0.15) is 6.10 Å². The van der Waals surface area contributed by atoms with Crippen LogP contribution in [0.5, 0.6) is 0 Å². The standard InChI is InChI=1S/C23H32O5/c1-14(24)28-16-4-7-21(2)15(12-16)13-19(25)20-17(21)5-8-22(3)18(20)6-9-23(22)26-10-11-27-23/h13,16-18,20H,4-12H2,1-3H3/t16-,17-,18-,20+,21-,22-/m0/s1. The highest BCUT2D eigenvalue weighted by molar-refractivity contribution is 5.94. The maximum atomic E-state index is 13.4. The number of rotatable bonds is 1. The summed E-state index contributed by atoms with van der Waals surface area (Å²) in [6, 6.07) is 0. The molecular formula is C23H32O5. The first-order valence-electron chi connectivity index (χ1n) is 11.0. The number of fused-ring (bicyclic) bond motifs is 6. The average Bonchev–Trinajstić information content (AvgIpc) is 3.23. The van der Waals surface area contributed by atoms with Crippen LogP contribution in [0.25, 0.3) is 0 Å². The molecule has 4 fully saturated rings. The maximum absolute atomic E-state index is 13.4. The minimum atomic E-state index is -0.471. The molecule has 1 saturated heterocycles. The van der Waals surface area contributed by atoms with Crippen LogP contribution >= 0.6 is 0 Å². The Hall–Kier alpha value is -1.20. The number of ketones is 1. The number of ether oxygens (including phenoxy) is 3. The van der Waals surface area contributed by atoms with Gasteiger partial charge < -0.3 is 14.2 Å². The predicted molar refractivity (Wildman–Crippen MR) is 102 cm³/mol. The molecule has 1 aliphatic heterocycles. The van der Waals surface area contributed by atoms with Crippen LogP contribution < -0.4 is 0 Å². The van der Waals surface area contributed by atoms with E-state index in [4.69, 9.17) is 14.2 Å². The first kappa shape index (κ1) is 18.8. The molecule has 0 amide bonds. The van der Waals surface area contributed by atoms with Crippen LogP contribution in [0.3, 0.4) is 0 Å². The summed E-state index contributed by atoms with van der Waals surface area (Å²) in [6.45, 7) is 7.46. The Labute approximate surface area is 167 Å². The van der Waals surface area contributed by atoms with Crippen molar-refractivity contribution < 1.29 is 23.8 Å². The zero-order valence-corrected chi connectivity index (χ0v) is 17.3. The summed E-state index contributed by atoms with van der Waals surface area (Å²) in [5, 5.41) is 0. The van der Waals surface area contributed by atoms with Crippen molar-refractivity contribution in [2.75, 3.05) is 13.2 Å². The van der Waals surface area contributed by atoms with E-state index < -0.39 is 5.79 Å². The normalized spacial score (nSPS) is 46.5. The van der Waals surface area contributed by atoms with E-state index in [1.807, 2.05) is 6.08 Å². The van der Waals surface area contributed by atoms with Gasteiger partial charge in [-0.1, -0.05) is 19.4 Å². The van der Waals surface area contributed by atoms with Gasteiger partial charge >= 0.3 is 5.97 Å². The molecule has 0 aromatic heterocycles. The SMILES string of the molecule is CC(=O)O[C@H]1CC[C@@]2(C)C(=CC(=O)[C@@H]3[C@@H]2CC[C@@]2(C)[C@H]3CCC23OCCO3)C1. The zero-order chi connectivity index (χ0) is 19.7. The van der Waals surface area contributed by atoms with Crippen molar-refractivity contribution in [3.05, 3.63) is 11.6 Å². The topological polar surface area (TPSA) is 61.8 Å². The van der Waals surface area contributed by atoms with Gasteiger partial charge in [0.05, 0.1) is 13.2 Å². The number of hydrogen-bond acceptors (Lipinski definition) is 5. The third-order valence-electron chi connectivity index (χ3n) is 9.03. The van der Waals surface area contributed by atoms with Crippen molar-refractivity contribution in [3.8, 4) is 0 Å². The van der Waals surface area contributed by atoms with Gasteiger partial charge in [0.25, 0.3) is 0 Å². The largest absolute Gasteiger partial charge is 0.462 e. The number of esters is 1. The van der Waals surface area contributed by atoms with Gasteiger partial charge in [0.2, 0.25) is 0 Å². The molecule has 0 N–H and O–H groups in total. The summed E-state index contributed by atoms with van der Waals surface area (Å²) in [4.78, 5) is 24.8. The first-order chi connectivity index (χ1) is 13.3. The molecule has 1 spiro atoms. The molecule has 0 aromatic carbocycles. The van der Waals surface area contributed by atoms with E-state index in [9.17, 15) is 9.59 Å². The molecule has 0 unspecified atom stereocenters. The van der Waals surface area contributed by atoms with E-state index >= 15 is 0 Å². The zero-order valence-electron chi connectivity index (χ0n) is 17.3. The Morgan fingerprint density at radius 2 is 1.79 bits per heavy atom. The fourth-order valence-corrected chi connectivity index (χ4v) is 7.59. The van der Waals surface area contributed by atoms with Crippen LogP contribution in [0.15, 0.2) is 11.6 Å². The van der Waals surface area contributed by atoms with Crippen LogP contribution in [-0.4, -0.2) is 36.9 Å². The lowest BCUT2D eigenvalue weighted by Gasteiger charge is -2.57. The molecule has 28 heavy (non-hydrogen) atoms. The fraction of sp³-hybridized carbons (Fsp3) is 0.826. The van der Waals surface area contributed by atoms with E-state index in [0.717, 1.165) is 38.5 Å². The maximum Gasteiger partial charge on any atom is 0.302 e. The Morgan fingerprint density at radius 3 is 2.50 bits per heavy atom. The van der Waals surface area contributed by atoms with Gasteiger partial charge in [-0.25, -0.2) is 0 Å². The molecule has 0 aromatic rings. The van der Waals surface area contributed by atoms with E-state index in [0.29, 0.717) is 31.5 Å². The van der Waals surface area contributed by atoms with Crippen molar-refractivity contribution in [1.82, 2.24) is 0 Å². The Kier molecular flexibility index (Phi) is 4.13. The lowest BCUT2D eigenvalue weighted by molar-refractivity contribution is -0.240. The first-order valence-corrected chi connectivity index (χ1v) is 11.0. The molecule has 3 saturated carbocycles. The van der Waals surface area contributed by atoms with Crippen molar-refractivity contribution in [3.63, 3.8) is 0 Å². The van der Waals surface area contributed by atoms with Crippen molar-refractivity contribution in [1.29, 1.82) is 0 Å². The second kappa shape index (κ2) is 6.15. The van der Waals surface area contributed by atoms with Crippen LogP contribution in [0.1, 0.15) is 65.7 Å². The Morgan fingerprint density at radius 1 is 1.07 bits per heavy atom. The lowest BCUT2D eigenvalue weighted by atomic mass is 9.47. The van der Waals surface area contributed by atoms with E-state index in [-0.39, 0.29) is 34.6 Å². The summed E-state index contributed by atoms with van der Waals surface area (Å²) < 4.78 is 17.8. The Balaban J connectivity index is 1.47. The summed E-state index contributed by atoms with van der Waals surface area (Å²) in [7, 11) is 0. The van der Waals surface area contributed by atoms with E-state index in [1.54, 1.807) is 0 Å². The summed E-state index contributed by atoms with van der Waals surface area (Å²) in [5.41, 5.74) is 1.18. The van der Waals surface area contributed by atoms with E-state index in [2.05, 4.69) is 13.8 Å². The van der Waals surface area contributed by atoms with Crippen molar-refractivity contribution >= 4 is 11.8 Å². The summed E-state index contributed by atoms with van der Waals surface area (Å²) >= 11 is 0. The molecule has 5 nitrogen and oxygen atoms in total. The van der Waals surface area contributed by atoms with Crippen molar-refractivity contribution in [2.24, 2.45) is 28.6 Å². The number of hydrogen-bond donors (Lipinski definition) is 0. The lowest BCUT2D eigenvalue weighted by Crippen LogP contribution is -2.57. The minimum Gasteiger partial charge on any atom is -0.462 e. The van der Waals surface area contributed by atoms with Crippen molar-refractivity contribution in [2.45, 2.75) is 77.6 Å². The fourth-order valence-electron chi connectivity index (χ4n) is 7.59. The molecule has 1 heterocycles. The van der Waals surface area contributed by atoms with E-state index in [1.165, 1.54) is 12.5 Å². The summed E-state index contributed by atoms with van der Waals surface area (Å²) in [5.74, 6) is 0.374. The molecule has 154 valence electrons. The average molecular weight is 389 g/mol. The van der Waals surface area contributed by atoms with Crippen LogP contribution in [0, 0.1) is 28.6 Å². The number of carbonyl (C=O) groups is 2. The predicted octanol–water partition coefficient (Wildman–Crippen LogP) is 3.80. The van der Waals surface area contributed by atoms with Gasteiger partial charge in [-0.05, 0) is 55.4 Å². The molecule has 5 rings (SSSR count). The number of carbonyl (C=O) groups excluding carboxylic acids is 2. The molecule has 6 atom stereocenters. The van der Waals surface area contributed by atoms with Gasteiger partial charge in [-0.3, -0.25) is 9.59 Å². The van der Waals surface area contributed by atoms with Gasteiger partial charge in [-0.2, -0.15) is 0 Å². The molecule has 4 aliphatic carbocycles. The molecule has 0 radical (unpaired) electrons. The highest BCUT2D eigenvalue weighted by Gasteiger charge is 2.68. The van der Waals surface area contributed by atoms with Gasteiger partial charge in [-0.15, -0.1) is 0 Å².